The van der Waals surface area contributed by atoms with Crippen molar-refractivity contribution in [2.75, 3.05) is 0 Å². The van der Waals surface area contributed by atoms with Gasteiger partial charge in [-0.1, -0.05) is 34.6 Å². The van der Waals surface area contributed by atoms with Crippen LogP contribution in [-0.2, 0) is 0 Å². The summed E-state index contributed by atoms with van der Waals surface area (Å²) < 4.78 is 0. The smallest absolute Gasteiger partial charge is 0.00675 e. The fourth-order valence-electron chi connectivity index (χ4n) is 2.69. The molecule has 1 heteroatoms. The van der Waals surface area contributed by atoms with Crippen molar-refractivity contribution in [3.8, 4) is 0 Å². The topological polar surface area (TPSA) is 26.0 Å². The molecule has 0 bridgehead atoms. The summed E-state index contributed by atoms with van der Waals surface area (Å²) in [5.41, 5.74) is 7.22. The highest BCUT2D eigenvalue weighted by molar-refractivity contribution is 4.87. The summed E-state index contributed by atoms with van der Waals surface area (Å²) in [6, 6.07) is 0.459. The van der Waals surface area contributed by atoms with E-state index in [4.69, 9.17) is 5.73 Å². The maximum Gasteiger partial charge on any atom is 0.00675 e. The fraction of sp³-hybridized carbons (Fsp3) is 1.00. The molecule has 15 heavy (non-hydrogen) atoms. The standard InChI is InChI=1S/C14H29N/c1-13(2,3)8-6-11-10-14(4,5)9-7-12(11)15/h11-12H,6-10,15H2,1-5H3. The minimum absolute atomic E-state index is 0.459. The normalized spacial score (nSPS) is 31.6. The average molecular weight is 211 g/mol. The second-order valence-corrected chi connectivity index (χ2v) is 7.43. The van der Waals surface area contributed by atoms with Gasteiger partial charge in [0.05, 0.1) is 0 Å². The monoisotopic (exact) mass is 211 g/mol. The summed E-state index contributed by atoms with van der Waals surface area (Å²) in [7, 11) is 0. The lowest BCUT2D eigenvalue weighted by Gasteiger charge is -2.40. The molecule has 0 radical (unpaired) electrons. The lowest BCUT2D eigenvalue weighted by molar-refractivity contribution is 0.139. The Bertz CT molecular complexity index is 200. The third-order valence-electron chi connectivity index (χ3n) is 3.84. The lowest BCUT2D eigenvalue weighted by Crippen LogP contribution is -2.39. The molecule has 0 saturated heterocycles. The van der Waals surface area contributed by atoms with Gasteiger partial charge < -0.3 is 5.73 Å². The van der Waals surface area contributed by atoms with E-state index in [-0.39, 0.29) is 0 Å². The van der Waals surface area contributed by atoms with Crippen LogP contribution < -0.4 is 5.73 Å². The van der Waals surface area contributed by atoms with Crippen LogP contribution in [0, 0.1) is 16.7 Å². The van der Waals surface area contributed by atoms with E-state index in [1.54, 1.807) is 0 Å². The summed E-state index contributed by atoms with van der Waals surface area (Å²) >= 11 is 0. The molecule has 2 atom stereocenters. The Kier molecular flexibility index (Phi) is 3.86. The fourth-order valence-corrected chi connectivity index (χ4v) is 2.69. The van der Waals surface area contributed by atoms with Crippen molar-refractivity contribution in [3.63, 3.8) is 0 Å². The van der Waals surface area contributed by atoms with Crippen molar-refractivity contribution in [1.82, 2.24) is 0 Å². The molecule has 1 fully saturated rings. The summed E-state index contributed by atoms with van der Waals surface area (Å²) in [5, 5.41) is 0. The van der Waals surface area contributed by atoms with Crippen molar-refractivity contribution < 1.29 is 0 Å². The van der Waals surface area contributed by atoms with Crippen molar-refractivity contribution >= 4 is 0 Å². The van der Waals surface area contributed by atoms with E-state index in [1.165, 1.54) is 32.1 Å². The molecule has 0 aromatic heterocycles. The zero-order chi connectivity index (χ0) is 11.7. The van der Waals surface area contributed by atoms with E-state index in [1.807, 2.05) is 0 Å². The van der Waals surface area contributed by atoms with Crippen LogP contribution in [0.5, 0.6) is 0 Å². The predicted octanol–water partition coefficient (Wildman–Crippen LogP) is 3.97. The second-order valence-electron chi connectivity index (χ2n) is 7.43. The molecule has 0 amide bonds. The molecule has 1 rings (SSSR count). The molecule has 2 unspecified atom stereocenters. The number of rotatable bonds is 2. The molecule has 0 aliphatic heterocycles. The van der Waals surface area contributed by atoms with E-state index >= 15 is 0 Å². The molecule has 1 saturated carbocycles. The van der Waals surface area contributed by atoms with Crippen LogP contribution in [0.1, 0.15) is 66.7 Å². The Balaban J connectivity index is 2.45. The molecule has 0 aromatic rings. The first-order chi connectivity index (χ1) is 6.70. The third-order valence-corrected chi connectivity index (χ3v) is 3.84. The van der Waals surface area contributed by atoms with E-state index < -0.39 is 0 Å². The lowest BCUT2D eigenvalue weighted by atomic mass is 9.68. The van der Waals surface area contributed by atoms with Gasteiger partial charge in [-0.05, 0) is 48.9 Å². The molecule has 1 nitrogen and oxygen atoms in total. The van der Waals surface area contributed by atoms with Crippen LogP contribution in [0.4, 0.5) is 0 Å². The van der Waals surface area contributed by atoms with Crippen molar-refractivity contribution in [1.29, 1.82) is 0 Å². The van der Waals surface area contributed by atoms with Gasteiger partial charge in [0.2, 0.25) is 0 Å². The highest BCUT2D eigenvalue weighted by Gasteiger charge is 2.33. The van der Waals surface area contributed by atoms with Crippen LogP contribution in [0.15, 0.2) is 0 Å². The highest BCUT2D eigenvalue weighted by Crippen LogP contribution is 2.41. The van der Waals surface area contributed by atoms with E-state index in [0.717, 1.165) is 5.92 Å². The minimum atomic E-state index is 0.459. The average Bonchev–Trinajstić information content (AvgIpc) is 2.05. The Morgan fingerprint density at radius 1 is 1.27 bits per heavy atom. The highest BCUT2D eigenvalue weighted by atomic mass is 14.7. The van der Waals surface area contributed by atoms with Gasteiger partial charge >= 0.3 is 0 Å². The van der Waals surface area contributed by atoms with Gasteiger partial charge in [-0.15, -0.1) is 0 Å². The van der Waals surface area contributed by atoms with Gasteiger partial charge in [0.1, 0.15) is 0 Å². The van der Waals surface area contributed by atoms with E-state index in [2.05, 4.69) is 34.6 Å². The van der Waals surface area contributed by atoms with Gasteiger partial charge in [0, 0.05) is 6.04 Å². The van der Waals surface area contributed by atoms with Gasteiger partial charge in [0.15, 0.2) is 0 Å². The van der Waals surface area contributed by atoms with Crippen molar-refractivity contribution in [2.45, 2.75) is 72.8 Å². The van der Waals surface area contributed by atoms with Gasteiger partial charge in [-0.2, -0.15) is 0 Å². The Morgan fingerprint density at radius 2 is 1.87 bits per heavy atom. The van der Waals surface area contributed by atoms with Gasteiger partial charge in [-0.3, -0.25) is 0 Å². The first-order valence-corrected chi connectivity index (χ1v) is 6.45. The summed E-state index contributed by atoms with van der Waals surface area (Å²) in [5.74, 6) is 0.757. The second kappa shape index (κ2) is 4.45. The van der Waals surface area contributed by atoms with Gasteiger partial charge in [0.25, 0.3) is 0 Å². The largest absolute Gasteiger partial charge is 0.327 e. The van der Waals surface area contributed by atoms with Crippen molar-refractivity contribution in [2.24, 2.45) is 22.5 Å². The van der Waals surface area contributed by atoms with Crippen LogP contribution in [0.25, 0.3) is 0 Å². The van der Waals surface area contributed by atoms with E-state index in [0.29, 0.717) is 16.9 Å². The van der Waals surface area contributed by atoms with Crippen LogP contribution in [0.2, 0.25) is 0 Å². The Hall–Kier alpha value is -0.0400. The summed E-state index contributed by atoms with van der Waals surface area (Å²) in [4.78, 5) is 0. The molecule has 1 aliphatic rings. The number of nitrogens with two attached hydrogens (primary N) is 1. The van der Waals surface area contributed by atoms with Crippen LogP contribution >= 0.6 is 0 Å². The number of hydrogen-bond donors (Lipinski definition) is 1. The molecule has 90 valence electrons. The van der Waals surface area contributed by atoms with Crippen LogP contribution in [-0.4, -0.2) is 6.04 Å². The first-order valence-electron chi connectivity index (χ1n) is 6.45. The zero-order valence-electron chi connectivity index (χ0n) is 11.3. The SMILES string of the molecule is CC(C)(C)CCC1CC(C)(C)CCC1N. The summed E-state index contributed by atoms with van der Waals surface area (Å²) in [6.45, 7) is 11.8. The van der Waals surface area contributed by atoms with E-state index in [9.17, 15) is 0 Å². The predicted molar refractivity (Wildman–Crippen MR) is 67.8 cm³/mol. The maximum atomic E-state index is 6.23. The van der Waals surface area contributed by atoms with Crippen molar-refractivity contribution in [3.05, 3.63) is 0 Å². The third kappa shape index (κ3) is 4.55. The van der Waals surface area contributed by atoms with Gasteiger partial charge in [-0.25, -0.2) is 0 Å². The molecular formula is C14H29N. The maximum absolute atomic E-state index is 6.23. The first kappa shape index (κ1) is 13.0. The molecule has 0 heterocycles. The Labute approximate surface area is 95.8 Å². The molecule has 0 aromatic carbocycles. The number of hydrogen-bond acceptors (Lipinski definition) is 1. The molecule has 0 spiro atoms. The zero-order valence-corrected chi connectivity index (χ0v) is 11.3. The molecule has 2 N–H and O–H groups in total. The van der Waals surface area contributed by atoms with Crippen LogP contribution in [0.3, 0.4) is 0 Å². The Morgan fingerprint density at radius 3 is 2.40 bits per heavy atom. The summed E-state index contributed by atoms with van der Waals surface area (Å²) in [6.07, 6.45) is 6.47. The minimum Gasteiger partial charge on any atom is -0.327 e. The quantitative estimate of drug-likeness (QED) is 0.735. The molecule has 1 aliphatic carbocycles. The molecular weight excluding hydrogens is 182 g/mol.